The second-order valence-corrected chi connectivity index (χ2v) is 9.99. The third-order valence-electron chi connectivity index (χ3n) is 7.78. The second-order valence-electron chi connectivity index (χ2n) is 9.99. The van der Waals surface area contributed by atoms with E-state index in [1.165, 1.54) is 0 Å². The third kappa shape index (κ3) is 4.86. The molecule has 0 bridgehead atoms. The van der Waals surface area contributed by atoms with Crippen molar-refractivity contribution in [2.45, 2.75) is 64.1 Å². The number of amides is 1. The Kier molecular flexibility index (Phi) is 6.43. The van der Waals surface area contributed by atoms with E-state index in [-0.39, 0.29) is 38.3 Å². The highest BCUT2D eigenvalue weighted by atomic mass is 19.4. The number of hydrogen-bond donors (Lipinski definition) is 1. The summed E-state index contributed by atoms with van der Waals surface area (Å²) < 4.78 is 41.2. The number of piperidine rings is 1. The molecule has 1 amide bonds. The fraction of sp³-hybridized carbons (Fsp3) is 0.600. The van der Waals surface area contributed by atoms with Crippen LogP contribution >= 0.6 is 0 Å². The van der Waals surface area contributed by atoms with Gasteiger partial charge in [-0.3, -0.25) is 4.79 Å². The summed E-state index contributed by atoms with van der Waals surface area (Å²) in [5, 5.41) is 9.95. The summed E-state index contributed by atoms with van der Waals surface area (Å²) in [6, 6.07) is 4.24. The molecular weight excluding hydrogens is 457 g/mol. The van der Waals surface area contributed by atoms with E-state index >= 15 is 0 Å². The molecule has 5 rings (SSSR count). The van der Waals surface area contributed by atoms with Gasteiger partial charge in [0, 0.05) is 37.6 Å². The highest BCUT2D eigenvalue weighted by Gasteiger charge is 2.41. The molecule has 186 valence electrons. The molecule has 0 spiro atoms. The van der Waals surface area contributed by atoms with Gasteiger partial charge < -0.3 is 14.5 Å². The Morgan fingerprint density at radius 2 is 1.86 bits per heavy atom. The van der Waals surface area contributed by atoms with E-state index in [4.69, 9.17) is 10.2 Å². The number of nitrogens with one attached hydrogen (secondary N) is 1. The van der Waals surface area contributed by atoms with E-state index in [9.17, 15) is 18.0 Å². The number of fused-ring (bicyclic) bond motifs is 3. The maximum atomic E-state index is 13.1. The van der Waals surface area contributed by atoms with Gasteiger partial charge >= 0.3 is 6.18 Å². The van der Waals surface area contributed by atoms with Crippen molar-refractivity contribution in [3.8, 4) is 6.07 Å². The van der Waals surface area contributed by atoms with Gasteiger partial charge in [0.2, 0.25) is 5.91 Å². The predicted molar refractivity (Wildman–Crippen MR) is 124 cm³/mol. The van der Waals surface area contributed by atoms with Crippen molar-refractivity contribution in [1.82, 2.24) is 24.4 Å². The molecule has 4 heterocycles. The van der Waals surface area contributed by atoms with Crippen molar-refractivity contribution < 1.29 is 18.0 Å². The van der Waals surface area contributed by atoms with Gasteiger partial charge in [0.15, 0.2) is 0 Å². The topological polar surface area (TPSA) is 90.6 Å². The van der Waals surface area contributed by atoms with Gasteiger partial charge in [-0.2, -0.15) is 18.4 Å². The van der Waals surface area contributed by atoms with Gasteiger partial charge in [-0.25, -0.2) is 9.97 Å². The van der Waals surface area contributed by atoms with Crippen LogP contribution in [0, 0.1) is 29.1 Å². The first-order valence-corrected chi connectivity index (χ1v) is 12.4. The number of nitriles is 1. The number of aromatic amines is 1. The van der Waals surface area contributed by atoms with E-state index in [0.717, 1.165) is 48.8 Å². The number of hydrogen-bond acceptors (Lipinski definition) is 4. The Balaban J connectivity index is 1.38. The maximum Gasteiger partial charge on any atom is 0.391 e. The number of rotatable bonds is 5. The van der Waals surface area contributed by atoms with Gasteiger partial charge in [-0.15, -0.1) is 0 Å². The zero-order chi connectivity index (χ0) is 24.6. The molecule has 0 radical (unpaired) electrons. The molecule has 0 aromatic carbocycles. The van der Waals surface area contributed by atoms with Gasteiger partial charge in [-0.05, 0) is 56.4 Å². The molecule has 1 saturated heterocycles. The van der Waals surface area contributed by atoms with Crippen molar-refractivity contribution in [2.24, 2.45) is 17.8 Å². The van der Waals surface area contributed by atoms with Gasteiger partial charge in [0.25, 0.3) is 0 Å². The van der Waals surface area contributed by atoms with Crippen molar-refractivity contribution in [1.29, 1.82) is 5.26 Å². The number of nitrogens with zero attached hydrogens (tertiary/aromatic N) is 5. The van der Waals surface area contributed by atoms with Crippen LogP contribution in [0.2, 0.25) is 0 Å². The summed E-state index contributed by atoms with van der Waals surface area (Å²) in [6.07, 6.45) is 3.97. The Labute approximate surface area is 201 Å². The van der Waals surface area contributed by atoms with Crippen LogP contribution in [-0.2, 0) is 17.8 Å². The average molecular weight is 487 g/mol. The molecule has 0 atom stereocenters. The minimum atomic E-state index is -4.20. The van der Waals surface area contributed by atoms with E-state index in [0.29, 0.717) is 29.6 Å². The predicted octanol–water partition coefficient (Wildman–Crippen LogP) is 4.98. The lowest BCUT2D eigenvalue weighted by Gasteiger charge is -2.33. The SMILES string of the molecule is N#CCC1CCC(Cn2c(CC(=O)N3CCC(C(F)(F)F)CC3)nc3cnc4[nH]ccc4c32)CC1. The Bertz CT molecular complexity index is 1240. The van der Waals surface area contributed by atoms with Crippen LogP contribution in [0.5, 0.6) is 0 Å². The summed E-state index contributed by atoms with van der Waals surface area (Å²) in [4.78, 5) is 27.0. The maximum absolute atomic E-state index is 13.1. The lowest BCUT2D eigenvalue weighted by Crippen LogP contribution is -2.43. The molecule has 7 nitrogen and oxygen atoms in total. The van der Waals surface area contributed by atoms with E-state index < -0.39 is 12.1 Å². The first-order valence-electron chi connectivity index (χ1n) is 12.4. The van der Waals surface area contributed by atoms with Gasteiger partial charge in [0.1, 0.15) is 17.0 Å². The average Bonchev–Trinajstić information content (AvgIpc) is 3.44. The molecular formula is C25H29F3N6O. The van der Waals surface area contributed by atoms with Crippen LogP contribution in [0.25, 0.3) is 22.1 Å². The molecule has 2 fully saturated rings. The fourth-order valence-electron chi connectivity index (χ4n) is 5.72. The van der Waals surface area contributed by atoms with Crippen molar-refractivity contribution in [2.75, 3.05) is 13.1 Å². The van der Waals surface area contributed by atoms with Crippen LogP contribution in [0.4, 0.5) is 13.2 Å². The van der Waals surface area contributed by atoms with Gasteiger partial charge in [0.05, 0.1) is 30.1 Å². The Morgan fingerprint density at radius 1 is 1.14 bits per heavy atom. The van der Waals surface area contributed by atoms with E-state index in [2.05, 4.69) is 20.6 Å². The highest BCUT2D eigenvalue weighted by Crippen LogP contribution is 2.35. The van der Waals surface area contributed by atoms with Crippen LogP contribution in [0.15, 0.2) is 18.5 Å². The Hall–Kier alpha value is -3.09. The van der Waals surface area contributed by atoms with Gasteiger partial charge in [-0.1, -0.05) is 0 Å². The lowest BCUT2D eigenvalue weighted by atomic mass is 9.80. The minimum Gasteiger partial charge on any atom is -0.346 e. The summed E-state index contributed by atoms with van der Waals surface area (Å²) in [5.74, 6) is -0.00562. The molecule has 1 aliphatic carbocycles. The van der Waals surface area contributed by atoms with E-state index in [1.54, 1.807) is 11.1 Å². The summed E-state index contributed by atoms with van der Waals surface area (Å²) in [6.45, 7) is 0.963. The highest BCUT2D eigenvalue weighted by molar-refractivity contribution is 6.01. The lowest BCUT2D eigenvalue weighted by molar-refractivity contribution is -0.186. The number of imidazole rings is 1. The van der Waals surface area contributed by atoms with Crippen LogP contribution in [0.1, 0.15) is 50.8 Å². The van der Waals surface area contributed by atoms with E-state index in [1.807, 2.05) is 12.3 Å². The summed E-state index contributed by atoms with van der Waals surface area (Å²) >= 11 is 0. The third-order valence-corrected chi connectivity index (χ3v) is 7.78. The molecule has 1 N–H and O–H groups in total. The molecule has 0 unspecified atom stereocenters. The molecule has 3 aromatic rings. The number of alkyl halides is 3. The zero-order valence-electron chi connectivity index (χ0n) is 19.5. The Morgan fingerprint density at radius 3 is 2.54 bits per heavy atom. The van der Waals surface area contributed by atoms with Crippen molar-refractivity contribution >= 4 is 28.0 Å². The van der Waals surface area contributed by atoms with Crippen LogP contribution < -0.4 is 0 Å². The molecule has 3 aromatic heterocycles. The quantitative estimate of drug-likeness (QED) is 0.551. The smallest absolute Gasteiger partial charge is 0.346 e. The van der Waals surface area contributed by atoms with Crippen molar-refractivity contribution in [3.63, 3.8) is 0 Å². The number of likely N-dealkylation sites (tertiary alicyclic amines) is 1. The largest absolute Gasteiger partial charge is 0.391 e. The first-order chi connectivity index (χ1) is 16.8. The summed E-state index contributed by atoms with van der Waals surface area (Å²) in [7, 11) is 0. The number of carbonyl (C=O) groups is 1. The first kappa shape index (κ1) is 23.6. The zero-order valence-corrected chi connectivity index (χ0v) is 19.5. The second kappa shape index (κ2) is 9.51. The molecule has 35 heavy (non-hydrogen) atoms. The van der Waals surface area contributed by atoms with Crippen LogP contribution in [-0.4, -0.2) is 49.6 Å². The number of carbonyl (C=O) groups excluding carboxylic acids is 1. The number of pyridine rings is 1. The monoisotopic (exact) mass is 486 g/mol. The normalized spacial score (nSPS) is 22.1. The molecule has 2 aliphatic rings. The minimum absolute atomic E-state index is 0.0501. The number of halogens is 3. The fourth-order valence-corrected chi connectivity index (χ4v) is 5.72. The molecule has 10 heteroatoms. The van der Waals surface area contributed by atoms with Crippen LogP contribution in [0.3, 0.4) is 0 Å². The summed E-state index contributed by atoms with van der Waals surface area (Å²) in [5.41, 5.74) is 2.41. The molecule has 1 saturated carbocycles. The van der Waals surface area contributed by atoms with Crippen molar-refractivity contribution in [3.05, 3.63) is 24.3 Å². The molecule has 1 aliphatic heterocycles. The number of aromatic nitrogens is 4. The standard InChI is InChI=1S/C25H29F3N6O/c26-25(27,28)18-7-11-33(12-8-18)22(35)13-21-32-20-14-31-24-19(6-10-30-24)23(20)34(21)15-17-3-1-16(2-4-17)5-9-29/h6,10,14,16-18H,1-5,7-8,11-13,15H2,(H,30,31). The number of H-pyrrole nitrogens is 1.